The van der Waals surface area contributed by atoms with Gasteiger partial charge in [-0.05, 0) is 36.6 Å². The van der Waals surface area contributed by atoms with Crippen molar-refractivity contribution in [2.24, 2.45) is 0 Å². The van der Waals surface area contributed by atoms with Crippen LogP contribution in [0.15, 0.2) is 42.7 Å². The largest absolute Gasteiger partial charge is 0.497 e. The van der Waals surface area contributed by atoms with E-state index in [4.69, 9.17) is 4.74 Å². The molecule has 3 rings (SSSR count). The number of aromatic nitrogens is 2. The first kappa shape index (κ1) is 17.0. The molecule has 0 spiro atoms. The van der Waals surface area contributed by atoms with Gasteiger partial charge in [0, 0.05) is 32.0 Å². The Labute approximate surface area is 147 Å². The predicted octanol–water partition coefficient (Wildman–Crippen LogP) is 2.44. The lowest BCUT2D eigenvalue weighted by Crippen LogP contribution is -2.41. The number of nitrogens with one attached hydrogen (secondary N) is 2. The minimum absolute atomic E-state index is 0.0332. The van der Waals surface area contributed by atoms with E-state index >= 15 is 0 Å². The second kappa shape index (κ2) is 8.32. The van der Waals surface area contributed by atoms with Gasteiger partial charge in [-0.25, -0.2) is 14.8 Å². The molecular formula is C18H23N5O2. The summed E-state index contributed by atoms with van der Waals surface area (Å²) >= 11 is 0. The smallest absolute Gasteiger partial charge is 0.317 e. The molecule has 132 valence electrons. The summed E-state index contributed by atoms with van der Waals surface area (Å²) in [5.74, 6) is 1.39. The summed E-state index contributed by atoms with van der Waals surface area (Å²) in [5.41, 5.74) is 1.14. The number of hydrogen-bond donors (Lipinski definition) is 2. The third-order valence-corrected chi connectivity index (χ3v) is 4.26. The molecule has 1 saturated heterocycles. The molecule has 0 radical (unpaired) electrons. The Hall–Kier alpha value is -2.83. The van der Waals surface area contributed by atoms with Crippen LogP contribution in [0.5, 0.6) is 5.75 Å². The zero-order chi connectivity index (χ0) is 17.5. The van der Waals surface area contributed by atoms with Crippen molar-refractivity contribution in [3.8, 4) is 5.75 Å². The van der Waals surface area contributed by atoms with E-state index in [0.717, 1.165) is 30.7 Å². The van der Waals surface area contributed by atoms with E-state index < -0.39 is 0 Å². The van der Waals surface area contributed by atoms with E-state index in [-0.39, 0.29) is 12.1 Å². The highest BCUT2D eigenvalue weighted by Gasteiger charge is 2.29. The number of benzene rings is 1. The Morgan fingerprint density at radius 2 is 2.00 bits per heavy atom. The molecule has 0 unspecified atom stereocenters. The number of carbonyl (C=O) groups excluding carboxylic acids is 1. The minimum Gasteiger partial charge on any atom is -0.497 e. The minimum atomic E-state index is -0.0332. The monoisotopic (exact) mass is 341 g/mol. The number of hydrogen-bond acceptors (Lipinski definition) is 5. The van der Waals surface area contributed by atoms with Gasteiger partial charge in [-0.15, -0.1) is 0 Å². The molecule has 2 aromatic rings. The number of rotatable bonds is 6. The first-order valence-corrected chi connectivity index (χ1v) is 8.47. The molecular weight excluding hydrogens is 318 g/mol. The fourth-order valence-electron chi connectivity index (χ4n) is 3.02. The molecule has 25 heavy (non-hydrogen) atoms. The number of amides is 2. The Balaban J connectivity index is 1.50. The number of methoxy groups -OCH3 is 1. The molecule has 1 aromatic heterocycles. The lowest BCUT2D eigenvalue weighted by molar-refractivity contribution is 0.193. The molecule has 1 aromatic carbocycles. The maximum absolute atomic E-state index is 12.5. The number of carbonyl (C=O) groups is 1. The van der Waals surface area contributed by atoms with Gasteiger partial charge in [0.15, 0.2) is 0 Å². The van der Waals surface area contributed by atoms with Crippen LogP contribution in [0.2, 0.25) is 0 Å². The van der Waals surface area contributed by atoms with Crippen molar-refractivity contribution in [3.05, 3.63) is 48.3 Å². The SMILES string of the molecule is COc1ccc([C@H]2CCCN2C(=O)NCCNc2ncccn2)cc1. The van der Waals surface area contributed by atoms with Crippen molar-refractivity contribution in [2.75, 3.05) is 32.1 Å². The van der Waals surface area contributed by atoms with Crippen LogP contribution in [0.3, 0.4) is 0 Å². The van der Waals surface area contributed by atoms with Gasteiger partial charge in [-0.3, -0.25) is 0 Å². The molecule has 1 aliphatic rings. The van der Waals surface area contributed by atoms with Crippen molar-refractivity contribution in [3.63, 3.8) is 0 Å². The molecule has 1 aliphatic heterocycles. The molecule has 2 N–H and O–H groups in total. The van der Waals surface area contributed by atoms with E-state index in [2.05, 4.69) is 20.6 Å². The lowest BCUT2D eigenvalue weighted by atomic mass is 10.0. The van der Waals surface area contributed by atoms with Crippen LogP contribution >= 0.6 is 0 Å². The zero-order valence-corrected chi connectivity index (χ0v) is 14.3. The Kier molecular flexibility index (Phi) is 5.66. The number of anilines is 1. The Morgan fingerprint density at radius 1 is 1.24 bits per heavy atom. The third-order valence-electron chi connectivity index (χ3n) is 4.26. The van der Waals surface area contributed by atoms with Crippen LogP contribution < -0.4 is 15.4 Å². The van der Waals surface area contributed by atoms with Gasteiger partial charge in [0.25, 0.3) is 0 Å². The van der Waals surface area contributed by atoms with Gasteiger partial charge in [0.05, 0.1) is 13.2 Å². The van der Waals surface area contributed by atoms with E-state index in [1.807, 2.05) is 29.2 Å². The van der Waals surface area contributed by atoms with Crippen molar-refractivity contribution in [2.45, 2.75) is 18.9 Å². The highest BCUT2D eigenvalue weighted by Crippen LogP contribution is 2.32. The van der Waals surface area contributed by atoms with Crippen LogP contribution in [0, 0.1) is 0 Å². The van der Waals surface area contributed by atoms with Gasteiger partial charge < -0.3 is 20.3 Å². The van der Waals surface area contributed by atoms with Crippen molar-refractivity contribution in [1.29, 1.82) is 0 Å². The van der Waals surface area contributed by atoms with Crippen LogP contribution in [0.4, 0.5) is 10.7 Å². The van der Waals surface area contributed by atoms with Crippen LogP contribution in [0.25, 0.3) is 0 Å². The maximum Gasteiger partial charge on any atom is 0.317 e. The van der Waals surface area contributed by atoms with Crippen LogP contribution in [-0.4, -0.2) is 47.6 Å². The van der Waals surface area contributed by atoms with Gasteiger partial charge in [0.1, 0.15) is 5.75 Å². The molecule has 7 heteroatoms. The molecule has 2 amide bonds. The normalized spacial score (nSPS) is 16.5. The average Bonchev–Trinajstić information content (AvgIpc) is 3.16. The quantitative estimate of drug-likeness (QED) is 0.789. The van der Waals surface area contributed by atoms with Crippen molar-refractivity contribution < 1.29 is 9.53 Å². The third kappa shape index (κ3) is 4.37. The second-order valence-electron chi connectivity index (χ2n) is 5.86. The topological polar surface area (TPSA) is 79.4 Å². The molecule has 0 saturated carbocycles. The molecule has 1 atom stereocenters. The summed E-state index contributed by atoms with van der Waals surface area (Å²) in [4.78, 5) is 22.6. The summed E-state index contributed by atoms with van der Waals surface area (Å²) in [6.07, 6.45) is 5.35. The van der Waals surface area contributed by atoms with Crippen LogP contribution in [-0.2, 0) is 0 Å². The first-order valence-electron chi connectivity index (χ1n) is 8.47. The highest BCUT2D eigenvalue weighted by molar-refractivity contribution is 5.75. The van der Waals surface area contributed by atoms with Gasteiger partial charge >= 0.3 is 6.03 Å². The number of likely N-dealkylation sites (tertiary alicyclic amines) is 1. The zero-order valence-electron chi connectivity index (χ0n) is 14.3. The number of nitrogens with zero attached hydrogens (tertiary/aromatic N) is 3. The number of ether oxygens (including phenoxy) is 1. The van der Waals surface area contributed by atoms with Gasteiger partial charge in [0.2, 0.25) is 5.95 Å². The van der Waals surface area contributed by atoms with Gasteiger partial charge in [-0.2, -0.15) is 0 Å². The summed E-state index contributed by atoms with van der Waals surface area (Å²) in [5, 5.41) is 6.04. The van der Waals surface area contributed by atoms with Gasteiger partial charge in [-0.1, -0.05) is 12.1 Å². The first-order chi connectivity index (χ1) is 12.3. The standard InChI is InChI=1S/C18H23N5O2/c1-25-15-7-5-14(6-8-15)16-4-2-13-23(16)18(24)22-12-11-21-17-19-9-3-10-20-17/h3,5-10,16H,2,4,11-13H2,1H3,(H,22,24)(H,19,20,21)/t16-/m1/s1. The maximum atomic E-state index is 12.5. The van der Waals surface area contributed by atoms with E-state index in [1.54, 1.807) is 25.6 Å². The fourth-order valence-corrected chi connectivity index (χ4v) is 3.02. The molecule has 2 heterocycles. The van der Waals surface area contributed by atoms with Crippen molar-refractivity contribution >= 4 is 12.0 Å². The molecule has 0 aliphatic carbocycles. The Morgan fingerprint density at radius 3 is 2.72 bits per heavy atom. The van der Waals surface area contributed by atoms with E-state index in [1.165, 1.54) is 0 Å². The van der Waals surface area contributed by atoms with Crippen molar-refractivity contribution in [1.82, 2.24) is 20.2 Å². The highest BCUT2D eigenvalue weighted by atomic mass is 16.5. The van der Waals surface area contributed by atoms with E-state index in [0.29, 0.717) is 19.0 Å². The summed E-state index contributed by atoms with van der Waals surface area (Å²) in [7, 11) is 1.65. The summed E-state index contributed by atoms with van der Waals surface area (Å²) in [6.45, 7) is 1.87. The Bertz CT molecular complexity index is 678. The summed E-state index contributed by atoms with van der Waals surface area (Å²) in [6, 6.07) is 9.79. The molecule has 0 bridgehead atoms. The molecule has 7 nitrogen and oxygen atoms in total. The predicted molar refractivity (Wildman–Crippen MR) is 95.6 cm³/mol. The molecule has 1 fully saturated rings. The van der Waals surface area contributed by atoms with Crippen LogP contribution in [0.1, 0.15) is 24.4 Å². The fraction of sp³-hybridized carbons (Fsp3) is 0.389. The number of urea groups is 1. The second-order valence-corrected chi connectivity index (χ2v) is 5.86. The average molecular weight is 341 g/mol. The summed E-state index contributed by atoms with van der Waals surface area (Å²) < 4.78 is 5.20. The van der Waals surface area contributed by atoms with E-state index in [9.17, 15) is 4.79 Å². The lowest BCUT2D eigenvalue weighted by Gasteiger charge is -2.25.